The third-order valence-corrected chi connectivity index (χ3v) is 16.2. The molecule has 0 aliphatic heterocycles. The molecule has 296 valence electrons. The standard InChI is InChI=1S/C64H40/c1-4-13-35(14-5-1)38-23-24-41-43-25-26-44-46-29-31-50-61-51(32-30-47(60(46)61)45-27-28-48(52(41)33-38)58(43)59(44)45)64-56(37-17-8-3-9-18-37)62-49-22-12-21-42-39-19-10-11-20-40(39)53(57(42)49)34-54(62)55(63(50)64)36-15-6-2-7-16-36/h2-3,6-12,15-35H,1,4-5,13-14H2. The predicted octanol–water partition coefficient (Wildman–Crippen LogP) is 18.6. The van der Waals surface area contributed by atoms with Crippen LogP contribution in [0.5, 0.6) is 0 Å². The van der Waals surface area contributed by atoms with Crippen molar-refractivity contribution < 1.29 is 0 Å². The molecule has 0 atom stereocenters. The highest BCUT2D eigenvalue weighted by Gasteiger charge is 2.30. The summed E-state index contributed by atoms with van der Waals surface area (Å²) in [5.41, 5.74) is 12.3. The van der Waals surface area contributed by atoms with Gasteiger partial charge in [-0.15, -0.1) is 0 Å². The summed E-state index contributed by atoms with van der Waals surface area (Å²) in [6, 6.07) is 68.2. The van der Waals surface area contributed by atoms with Gasteiger partial charge in [-0.05, 0) is 183 Å². The summed E-state index contributed by atoms with van der Waals surface area (Å²) in [5.74, 6) is 0.688. The Hall–Kier alpha value is -7.54. The van der Waals surface area contributed by atoms with Gasteiger partial charge in [-0.2, -0.15) is 0 Å². The van der Waals surface area contributed by atoms with Gasteiger partial charge in [-0.1, -0.05) is 189 Å². The Balaban J connectivity index is 1.08. The highest BCUT2D eigenvalue weighted by atomic mass is 14.3. The molecule has 0 spiro atoms. The molecule has 0 nitrogen and oxygen atoms in total. The Morgan fingerprint density at radius 2 is 0.734 bits per heavy atom. The molecule has 16 rings (SSSR count). The van der Waals surface area contributed by atoms with Crippen LogP contribution in [0.1, 0.15) is 43.6 Å². The van der Waals surface area contributed by atoms with E-state index in [-0.39, 0.29) is 0 Å². The third-order valence-electron chi connectivity index (χ3n) is 16.2. The van der Waals surface area contributed by atoms with E-state index >= 15 is 0 Å². The second-order valence-corrected chi connectivity index (χ2v) is 19.1. The Morgan fingerprint density at radius 3 is 1.44 bits per heavy atom. The van der Waals surface area contributed by atoms with Crippen LogP contribution in [0.3, 0.4) is 0 Å². The number of rotatable bonds is 3. The van der Waals surface area contributed by atoms with Crippen LogP contribution >= 0.6 is 0 Å². The van der Waals surface area contributed by atoms with Crippen LogP contribution in [0.4, 0.5) is 0 Å². The first-order valence-electron chi connectivity index (χ1n) is 23.5. The number of hydrogen-bond donors (Lipinski definition) is 0. The molecular weight excluding hydrogens is 769 g/mol. The zero-order valence-electron chi connectivity index (χ0n) is 35.4. The van der Waals surface area contributed by atoms with Crippen molar-refractivity contribution in [3.8, 4) is 44.5 Å². The molecule has 1 fully saturated rings. The van der Waals surface area contributed by atoms with Crippen LogP contribution in [0.2, 0.25) is 0 Å². The minimum atomic E-state index is 0.688. The first-order chi connectivity index (χ1) is 31.8. The number of benzene rings is 12. The molecule has 1 saturated carbocycles. The molecule has 0 N–H and O–H groups in total. The quantitative estimate of drug-likeness (QED) is 0.123. The van der Waals surface area contributed by atoms with Crippen molar-refractivity contribution in [3.63, 3.8) is 0 Å². The van der Waals surface area contributed by atoms with E-state index in [9.17, 15) is 0 Å². The Morgan fingerprint density at radius 1 is 0.250 bits per heavy atom. The molecule has 2 aliphatic carbocycles. The van der Waals surface area contributed by atoms with Gasteiger partial charge in [0.2, 0.25) is 0 Å². The zero-order valence-corrected chi connectivity index (χ0v) is 35.4. The summed E-state index contributed by atoms with van der Waals surface area (Å²) in [6.07, 6.45) is 6.74. The maximum absolute atomic E-state index is 2.56. The van der Waals surface area contributed by atoms with Gasteiger partial charge < -0.3 is 0 Å². The van der Waals surface area contributed by atoms with Crippen molar-refractivity contribution in [3.05, 3.63) is 181 Å². The molecule has 0 heterocycles. The Kier molecular flexibility index (Phi) is 6.44. The lowest BCUT2D eigenvalue weighted by molar-refractivity contribution is 0.444. The molecule has 14 aromatic carbocycles. The monoisotopic (exact) mass is 808 g/mol. The first-order valence-corrected chi connectivity index (χ1v) is 23.5. The van der Waals surface area contributed by atoms with E-state index in [1.54, 1.807) is 0 Å². The van der Waals surface area contributed by atoms with Crippen LogP contribution in [0, 0.1) is 0 Å². The van der Waals surface area contributed by atoms with Gasteiger partial charge in [0, 0.05) is 0 Å². The molecule has 0 saturated heterocycles. The fourth-order valence-corrected chi connectivity index (χ4v) is 13.7. The lowest BCUT2D eigenvalue weighted by atomic mass is 9.83. The van der Waals surface area contributed by atoms with E-state index in [1.165, 1.54) is 190 Å². The summed E-state index contributed by atoms with van der Waals surface area (Å²) in [5, 5.41) is 27.2. The summed E-state index contributed by atoms with van der Waals surface area (Å²) in [4.78, 5) is 0. The first kappa shape index (κ1) is 34.0. The van der Waals surface area contributed by atoms with Gasteiger partial charge in [0.15, 0.2) is 0 Å². The second-order valence-electron chi connectivity index (χ2n) is 19.1. The maximum atomic E-state index is 2.56. The van der Waals surface area contributed by atoms with E-state index in [1.807, 2.05) is 0 Å². The van der Waals surface area contributed by atoms with Crippen molar-refractivity contribution in [2.45, 2.75) is 38.0 Å². The molecule has 0 bridgehead atoms. The largest absolute Gasteiger partial charge is 0.0622 e. The minimum Gasteiger partial charge on any atom is -0.0622 e. The van der Waals surface area contributed by atoms with Crippen LogP contribution in [-0.2, 0) is 0 Å². The maximum Gasteiger partial charge on any atom is -0.000718 e. The van der Waals surface area contributed by atoms with Crippen LogP contribution < -0.4 is 0 Å². The van der Waals surface area contributed by atoms with Crippen molar-refractivity contribution in [2.24, 2.45) is 0 Å². The van der Waals surface area contributed by atoms with Gasteiger partial charge in [0.05, 0.1) is 0 Å². The molecule has 2 aliphatic rings. The summed E-state index contributed by atoms with van der Waals surface area (Å²) in [6.45, 7) is 0. The smallest absolute Gasteiger partial charge is 0.000718 e. The van der Waals surface area contributed by atoms with Crippen molar-refractivity contribution in [1.82, 2.24) is 0 Å². The van der Waals surface area contributed by atoms with Gasteiger partial charge in [-0.3, -0.25) is 0 Å². The number of fused-ring (bicyclic) bond motifs is 13. The van der Waals surface area contributed by atoms with Crippen molar-refractivity contribution in [2.75, 3.05) is 0 Å². The molecule has 64 heavy (non-hydrogen) atoms. The molecule has 0 amide bonds. The average molecular weight is 809 g/mol. The highest BCUT2D eigenvalue weighted by Crippen LogP contribution is 2.58. The SMILES string of the molecule is c1ccc(-c2c3cc4c5ccccc5c5cccc(c3c(-c3ccccc3)c3c6ccc7c8ccc9c%10c(ccc(c%11ccc(c23)c6c%117)c%108)-c2ccc(C3CCCCC3)cc2-9)c54)cc1. The van der Waals surface area contributed by atoms with Crippen molar-refractivity contribution >= 4 is 108 Å². The molecule has 0 unspecified atom stereocenters. The van der Waals surface area contributed by atoms with Crippen LogP contribution in [0.15, 0.2) is 176 Å². The van der Waals surface area contributed by atoms with Gasteiger partial charge in [0.25, 0.3) is 0 Å². The molecule has 0 radical (unpaired) electrons. The van der Waals surface area contributed by atoms with Crippen LogP contribution in [0.25, 0.3) is 152 Å². The van der Waals surface area contributed by atoms with Gasteiger partial charge in [-0.25, -0.2) is 0 Å². The average Bonchev–Trinajstić information content (AvgIpc) is 4.00. The van der Waals surface area contributed by atoms with E-state index < -0.39 is 0 Å². The molecular formula is C64H40. The molecule has 14 aromatic rings. The fourth-order valence-electron chi connectivity index (χ4n) is 13.7. The van der Waals surface area contributed by atoms with Gasteiger partial charge >= 0.3 is 0 Å². The number of hydrogen-bond acceptors (Lipinski definition) is 0. The van der Waals surface area contributed by atoms with Crippen LogP contribution in [-0.4, -0.2) is 0 Å². The van der Waals surface area contributed by atoms with E-state index in [0.29, 0.717) is 5.92 Å². The summed E-state index contributed by atoms with van der Waals surface area (Å²) >= 11 is 0. The minimum absolute atomic E-state index is 0.688. The normalized spacial score (nSPS) is 14.5. The third kappa shape index (κ3) is 4.12. The second kappa shape index (κ2) is 12.1. The van der Waals surface area contributed by atoms with E-state index in [4.69, 9.17) is 0 Å². The topological polar surface area (TPSA) is 0 Å². The lowest BCUT2D eigenvalue weighted by Crippen LogP contribution is -2.04. The molecule has 0 aromatic heterocycles. The van der Waals surface area contributed by atoms with Gasteiger partial charge in [0.1, 0.15) is 0 Å². The highest BCUT2D eigenvalue weighted by molar-refractivity contribution is 6.48. The van der Waals surface area contributed by atoms with Crippen molar-refractivity contribution in [1.29, 1.82) is 0 Å². The summed E-state index contributed by atoms with van der Waals surface area (Å²) < 4.78 is 0. The Bertz CT molecular complexity index is 4280. The fraction of sp³-hybridized carbons (Fsp3) is 0.0938. The summed E-state index contributed by atoms with van der Waals surface area (Å²) in [7, 11) is 0. The van der Waals surface area contributed by atoms with E-state index in [2.05, 4.69) is 176 Å². The zero-order chi connectivity index (χ0) is 41.4. The predicted molar refractivity (Wildman–Crippen MR) is 276 cm³/mol. The van der Waals surface area contributed by atoms with E-state index in [0.717, 1.165) is 0 Å². The molecule has 0 heteroatoms. The lowest BCUT2D eigenvalue weighted by Gasteiger charge is -2.22. The Labute approximate surface area is 370 Å².